The molecule has 0 aliphatic carbocycles. The molecule has 2 rings (SSSR count). The molecular formula is C6H5N5O4. The van der Waals surface area contributed by atoms with Crippen molar-refractivity contribution in [1.82, 2.24) is 19.9 Å². The molecule has 2 aromatic rings. The fourth-order valence-electron chi connectivity index (χ4n) is 1.09. The average Bonchev–Trinajstić information content (AvgIpc) is 2.44. The molecule has 0 saturated carbocycles. The zero-order chi connectivity index (χ0) is 11.0. The zero-order valence-electron chi connectivity index (χ0n) is 7.12. The van der Waals surface area contributed by atoms with E-state index in [1.54, 1.807) is 0 Å². The maximum atomic E-state index is 11.3. The van der Waals surface area contributed by atoms with Crippen LogP contribution in [0.2, 0.25) is 0 Å². The lowest BCUT2D eigenvalue weighted by molar-refractivity contribution is 0.209. The molecule has 0 unspecified atom stereocenters. The van der Waals surface area contributed by atoms with Gasteiger partial charge in [0.05, 0.1) is 0 Å². The van der Waals surface area contributed by atoms with Crippen molar-refractivity contribution in [2.24, 2.45) is 0 Å². The number of hydrogen-bond donors (Lipinski definition) is 5. The molecule has 9 nitrogen and oxygen atoms in total. The minimum absolute atomic E-state index is 0.00694. The second-order valence-corrected chi connectivity index (χ2v) is 2.65. The van der Waals surface area contributed by atoms with Crippen molar-refractivity contribution >= 4 is 23.2 Å². The molecule has 0 bridgehead atoms. The molecule has 0 spiro atoms. The summed E-state index contributed by atoms with van der Waals surface area (Å²) in [7, 11) is 0. The van der Waals surface area contributed by atoms with Crippen LogP contribution in [0.3, 0.4) is 0 Å². The van der Waals surface area contributed by atoms with Gasteiger partial charge in [0.1, 0.15) is 0 Å². The lowest BCUT2D eigenvalue weighted by atomic mass is 10.5. The Bertz CT molecular complexity index is 635. The van der Waals surface area contributed by atoms with Gasteiger partial charge in [0, 0.05) is 0 Å². The van der Waals surface area contributed by atoms with E-state index < -0.39 is 17.3 Å². The van der Waals surface area contributed by atoms with Crippen LogP contribution in [0.5, 0.6) is 0 Å². The first-order valence-electron chi connectivity index (χ1n) is 3.78. The number of fused-ring (bicyclic) bond motifs is 1. The van der Waals surface area contributed by atoms with Gasteiger partial charge in [0.15, 0.2) is 11.2 Å². The number of aromatic amines is 3. The van der Waals surface area contributed by atoms with Crippen LogP contribution in [0.1, 0.15) is 0 Å². The molecule has 78 valence electrons. The first kappa shape index (κ1) is 8.99. The highest BCUT2D eigenvalue weighted by Gasteiger charge is 2.07. The third kappa shape index (κ3) is 1.57. The van der Waals surface area contributed by atoms with E-state index in [1.165, 1.54) is 0 Å². The quantitative estimate of drug-likeness (QED) is 0.412. The summed E-state index contributed by atoms with van der Waals surface area (Å²) in [5.74, 6) is -0.254. The highest BCUT2D eigenvalue weighted by Crippen LogP contribution is 2.00. The lowest BCUT2D eigenvalue weighted by Crippen LogP contribution is -2.16. The monoisotopic (exact) mass is 211 g/mol. The van der Waals surface area contributed by atoms with Crippen LogP contribution in [0.25, 0.3) is 11.2 Å². The van der Waals surface area contributed by atoms with Crippen LogP contribution in [0, 0.1) is 0 Å². The molecule has 0 aliphatic heterocycles. The summed E-state index contributed by atoms with van der Waals surface area (Å²) in [6.07, 6.45) is -1.37. The highest BCUT2D eigenvalue weighted by molar-refractivity contribution is 5.81. The van der Waals surface area contributed by atoms with Crippen molar-refractivity contribution in [2.75, 3.05) is 5.32 Å². The molecule has 2 heterocycles. The Morgan fingerprint density at radius 3 is 2.67 bits per heavy atom. The van der Waals surface area contributed by atoms with Crippen LogP contribution in [-0.2, 0) is 0 Å². The van der Waals surface area contributed by atoms with E-state index in [0.29, 0.717) is 0 Å². The fourth-order valence-corrected chi connectivity index (χ4v) is 1.09. The molecule has 2 aromatic heterocycles. The Labute approximate surface area is 80.2 Å². The Morgan fingerprint density at radius 1 is 1.27 bits per heavy atom. The molecule has 0 fully saturated rings. The number of rotatable bonds is 1. The van der Waals surface area contributed by atoms with Crippen molar-refractivity contribution in [3.8, 4) is 0 Å². The van der Waals surface area contributed by atoms with Crippen LogP contribution >= 0.6 is 0 Å². The van der Waals surface area contributed by atoms with Crippen molar-refractivity contribution < 1.29 is 9.90 Å². The topological polar surface area (TPSA) is 144 Å². The van der Waals surface area contributed by atoms with Gasteiger partial charge < -0.3 is 5.11 Å². The Balaban J connectivity index is 2.66. The SMILES string of the molecule is O=C(O)Nc1nc2[nH]c(=O)[nH]c2c(=O)[nH]1. The van der Waals surface area contributed by atoms with Crippen molar-refractivity contribution in [3.63, 3.8) is 0 Å². The largest absolute Gasteiger partial charge is 0.465 e. The third-order valence-corrected chi connectivity index (χ3v) is 1.62. The van der Waals surface area contributed by atoms with Gasteiger partial charge in [-0.25, -0.2) is 9.59 Å². The van der Waals surface area contributed by atoms with Crippen molar-refractivity contribution in [1.29, 1.82) is 0 Å². The fraction of sp³-hybridized carbons (Fsp3) is 0. The van der Waals surface area contributed by atoms with Gasteiger partial charge >= 0.3 is 11.8 Å². The predicted octanol–water partition coefficient (Wildman–Crippen LogP) is -0.971. The van der Waals surface area contributed by atoms with Gasteiger partial charge in [-0.1, -0.05) is 0 Å². The van der Waals surface area contributed by atoms with Gasteiger partial charge in [0.2, 0.25) is 5.95 Å². The van der Waals surface area contributed by atoms with Crippen molar-refractivity contribution in [2.45, 2.75) is 0 Å². The number of carboxylic acid groups (broad SMARTS) is 1. The van der Waals surface area contributed by atoms with Gasteiger partial charge in [-0.15, -0.1) is 0 Å². The van der Waals surface area contributed by atoms with Crippen LogP contribution < -0.4 is 16.6 Å². The first-order valence-corrected chi connectivity index (χ1v) is 3.78. The Kier molecular flexibility index (Phi) is 1.78. The minimum Gasteiger partial charge on any atom is -0.465 e. The normalized spacial score (nSPS) is 10.4. The standard InChI is InChI=1S/C6H5N5O4/c12-3-1-2(9-5(13)7-1)8-4(10-3)11-6(14)15/h(H,14,15)(H4,7,8,9,10,11,12,13). The number of aromatic nitrogens is 4. The summed E-state index contributed by atoms with van der Waals surface area (Å²) >= 11 is 0. The van der Waals surface area contributed by atoms with Crippen LogP contribution in [-0.4, -0.2) is 31.1 Å². The van der Waals surface area contributed by atoms with E-state index in [-0.39, 0.29) is 17.1 Å². The van der Waals surface area contributed by atoms with Gasteiger partial charge in [0.25, 0.3) is 5.56 Å². The van der Waals surface area contributed by atoms with E-state index in [9.17, 15) is 14.4 Å². The zero-order valence-corrected chi connectivity index (χ0v) is 7.12. The number of hydrogen-bond acceptors (Lipinski definition) is 4. The molecular weight excluding hydrogens is 206 g/mol. The Morgan fingerprint density at radius 2 is 2.00 bits per heavy atom. The summed E-state index contributed by atoms with van der Waals surface area (Å²) in [5.41, 5.74) is -1.26. The first-order chi connectivity index (χ1) is 7.06. The highest BCUT2D eigenvalue weighted by atomic mass is 16.4. The average molecular weight is 211 g/mol. The smallest absolute Gasteiger partial charge is 0.411 e. The molecule has 0 aromatic carbocycles. The van der Waals surface area contributed by atoms with Gasteiger partial charge in [-0.2, -0.15) is 4.98 Å². The summed E-state index contributed by atoms with van der Waals surface area (Å²) in [6, 6.07) is 0. The predicted molar refractivity (Wildman–Crippen MR) is 49.0 cm³/mol. The summed E-state index contributed by atoms with van der Waals surface area (Å²) in [4.78, 5) is 42.6. The van der Waals surface area contributed by atoms with Crippen LogP contribution in [0.4, 0.5) is 10.7 Å². The van der Waals surface area contributed by atoms with Crippen LogP contribution in [0.15, 0.2) is 9.59 Å². The molecule has 1 amide bonds. The maximum absolute atomic E-state index is 11.3. The lowest BCUT2D eigenvalue weighted by Gasteiger charge is -1.97. The van der Waals surface area contributed by atoms with E-state index in [1.807, 2.05) is 5.32 Å². The molecule has 5 N–H and O–H groups in total. The second-order valence-electron chi connectivity index (χ2n) is 2.65. The second kappa shape index (κ2) is 2.97. The summed E-state index contributed by atoms with van der Waals surface area (Å²) < 4.78 is 0. The maximum Gasteiger partial charge on any atom is 0.411 e. The van der Waals surface area contributed by atoms with Gasteiger partial charge in [-0.05, 0) is 0 Å². The summed E-state index contributed by atoms with van der Waals surface area (Å²) in [6.45, 7) is 0. The number of nitrogens with one attached hydrogen (secondary N) is 4. The van der Waals surface area contributed by atoms with E-state index in [0.717, 1.165) is 0 Å². The van der Waals surface area contributed by atoms with E-state index >= 15 is 0 Å². The summed E-state index contributed by atoms with van der Waals surface area (Å²) in [5, 5.41) is 10.2. The molecule has 0 atom stereocenters. The third-order valence-electron chi connectivity index (χ3n) is 1.62. The number of nitrogens with zero attached hydrogens (tertiary/aromatic N) is 1. The molecule has 9 heteroatoms. The molecule has 15 heavy (non-hydrogen) atoms. The minimum atomic E-state index is -1.37. The number of carbonyl (C=O) groups is 1. The van der Waals surface area contributed by atoms with E-state index in [4.69, 9.17) is 5.11 Å². The van der Waals surface area contributed by atoms with Gasteiger partial charge in [-0.3, -0.25) is 25.1 Å². The number of imidazole rings is 1. The molecule has 0 radical (unpaired) electrons. The van der Waals surface area contributed by atoms with Crippen molar-refractivity contribution in [3.05, 3.63) is 20.8 Å². The number of anilines is 1. The molecule has 0 saturated heterocycles. The number of amides is 1. The number of H-pyrrole nitrogens is 3. The molecule has 0 aliphatic rings. The Hall–Kier alpha value is -2.58. The van der Waals surface area contributed by atoms with E-state index in [2.05, 4.69) is 19.9 Å².